The summed E-state index contributed by atoms with van der Waals surface area (Å²) in [6.07, 6.45) is 1.82. The van der Waals surface area contributed by atoms with Gasteiger partial charge < -0.3 is 5.11 Å². The van der Waals surface area contributed by atoms with E-state index in [2.05, 4.69) is 5.10 Å². The topological polar surface area (TPSA) is 38.0 Å². The first-order chi connectivity index (χ1) is 7.35. The first kappa shape index (κ1) is 11.1. The Bertz CT molecular complexity index is 487. The summed E-state index contributed by atoms with van der Waals surface area (Å²) < 4.78 is 14.9. The first-order valence-corrected chi connectivity index (χ1v) is 5.21. The van der Waals surface area contributed by atoms with E-state index in [1.165, 1.54) is 6.07 Å². The molecule has 0 bridgehead atoms. The van der Waals surface area contributed by atoms with Gasteiger partial charge in [0.15, 0.2) is 0 Å². The minimum atomic E-state index is -0.824. The Kier molecular flexibility index (Phi) is 2.46. The summed E-state index contributed by atoms with van der Waals surface area (Å²) in [6.45, 7) is 5.54. The van der Waals surface area contributed by atoms with E-state index in [1.54, 1.807) is 31.5 Å². The van der Waals surface area contributed by atoms with Crippen LogP contribution >= 0.6 is 0 Å². The molecule has 0 fully saturated rings. The van der Waals surface area contributed by atoms with Crippen molar-refractivity contribution in [3.8, 4) is 0 Å². The minimum absolute atomic E-state index is 0.249. The second kappa shape index (κ2) is 3.56. The van der Waals surface area contributed by atoms with Gasteiger partial charge in [-0.2, -0.15) is 5.10 Å². The van der Waals surface area contributed by atoms with Crippen molar-refractivity contribution in [3.05, 3.63) is 29.7 Å². The third-order valence-electron chi connectivity index (χ3n) is 2.38. The van der Waals surface area contributed by atoms with Crippen LogP contribution in [0.2, 0.25) is 0 Å². The Hall–Kier alpha value is -1.42. The van der Waals surface area contributed by atoms with Gasteiger partial charge in [-0.15, -0.1) is 0 Å². The summed E-state index contributed by atoms with van der Waals surface area (Å²) in [5.74, 6) is -0.249. The fraction of sp³-hybridized carbons (Fsp3) is 0.417. The van der Waals surface area contributed by atoms with Crippen LogP contribution in [0.3, 0.4) is 0 Å². The monoisotopic (exact) mass is 222 g/mol. The number of aromatic nitrogens is 2. The van der Waals surface area contributed by atoms with Crippen molar-refractivity contribution < 1.29 is 9.50 Å². The van der Waals surface area contributed by atoms with Gasteiger partial charge in [-0.25, -0.2) is 4.39 Å². The van der Waals surface area contributed by atoms with Crippen LogP contribution < -0.4 is 0 Å². The largest absolute Gasteiger partial charge is 0.389 e. The Morgan fingerprint density at radius 2 is 2.12 bits per heavy atom. The summed E-state index contributed by atoms with van der Waals surface area (Å²) in [7, 11) is 0. The van der Waals surface area contributed by atoms with Gasteiger partial charge >= 0.3 is 0 Å². The molecule has 4 heteroatoms. The maximum absolute atomic E-state index is 13.3. The zero-order chi connectivity index (χ0) is 11.9. The molecule has 0 aliphatic heterocycles. The molecule has 1 aromatic heterocycles. The predicted molar refractivity (Wildman–Crippen MR) is 60.7 cm³/mol. The van der Waals surface area contributed by atoms with Gasteiger partial charge in [0.1, 0.15) is 5.82 Å². The molecule has 0 aliphatic rings. The maximum atomic E-state index is 13.3. The number of hydrogen-bond acceptors (Lipinski definition) is 2. The van der Waals surface area contributed by atoms with Crippen LogP contribution in [0.5, 0.6) is 0 Å². The molecule has 0 atom stereocenters. The van der Waals surface area contributed by atoms with Crippen molar-refractivity contribution in [1.29, 1.82) is 0 Å². The highest BCUT2D eigenvalue weighted by molar-refractivity contribution is 5.78. The lowest BCUT2D eigenvalue weighted by Gasteiger charge is -2.16. The minimum Gasteiger partial charge on any atom is -0.389 e. The zero-order valence-corrected chi connectivity index (χ0v) is 9.66. The molecule has 0 aliphatic carbocycles. The zero-order valence-electron chi connectivity index (χ0n) is 9.66. The van der Waals surface area contributed by atoms with Crippen LogP contribution in [0.25, 0.3) is 10.9 Å². The van der Waals surface area contributed by atoms with Gasteiger partial charge in [-0.1, -0.05) is 0 Å². The number of rotatable bonds is 2. The van der Waals surface area contributed by atoms with Crippen LogP contribution in [0.15, 0.2) is 18.3 Å². The van der Waals surface area contributed by atoms with E-state index >= 15 is 0 Å². The Morgan fingerprint density at radius 3 is 2.75 bits per heavy atom. The average molecular weight is 222 g/mol. The molecule has 0 spiro atoms. The second-order valence-corrected chi connectivity index (χ2v) is 4.80. The summed E-state index contributed by atoms with van der Waals surface area (Å²) in [5, 5.41) is 14.8. The Balaban J connectivity index is 2.44. The molecule has 0 amide bonds. The van der Waals surface area contributed by atoms with Gasteiger partial charge in [0.25, 0.3) is 0 Å². The molecule has 1 N–H and O–H groups in total. The number of fused-ring (bicyclic) bond motifs is 1. The van der Waals surface area contributed by atoms with Crippen molar-refractivity contribution in [2.24, 2.45) is 0 Å². The summed E-state index contributed by atoms with van der Waals surface area (Å²) >= 11 is 0. The third-order valence-corrected chi connectivity index (χ3v) is 2.38. The molecule has 16 heavy (non-hydrogen) atoms. The number of nitrogens with zero attached hydrogens (tertiary/aromatic N) is 2. The molecule has 86 valence electrons. The smallest absolute Gasteiger partial charge is 0.128 e. The van der Waals surface area contributed by atoms with Gasteiger partial charge in [-0.05, 0) is 32.4 Å². The lowest BCUT2D eigenvalue weighted by Crippen LogP contribution is -2.26. The molecule has 3 nitrogen and oxygen atoms in total. The second-order valence-electron chi connectivity index (χ2n) is 4.80. The molecule has 2 aromatic rings. The molecule has 2 rings (SSSR count). The fourth-order valence-corrected chi connectivity index (χ4v) is 1.69. The van der Waals surface area contributed by atoms with Crippen LogP contribution in [0.1, 0.15) is 19.4 Å². The number of hydrogen-bond donors (Lipinski definition) is 1. The predicted octanol–water partition coefficient (Wildman–Crippen LogP) is 2.25. The van der Waals surface area contributed by atoms with Gasteiger partial charge in [0.05, 0.1) is 17.7 Å². The Labute approximate surface area is 93.5 Å². The van der Waals surface area contributed by atoms with Crippen LogP contribution in [-0.2, 0) is 6.54 Å². The number of halogens is 1. The fourth-order valence-electron chi connectivity index (χ4n) is 1.69. The normalized spacial score (nSPS) is 12.3. The molecule has 0 radical (unpaired) electrons. The van der Waals surface area contributed by atoms with Crippen molar-refractivity contribution >= 4 is 10.9 Å². The number of benzene rings is 1. The molecule has 1 aromatic carbocycles. The molecule has 0 saturated heterocycles. The standard InChI is InChI=1S/C12H15FN2O/c1-8-4-9-6-15(7-12(2,3)16)14-11(9)5-10(8)13/h4-6,16H,7H2,1-3H3. The van der Waals surface area contributed by atoms with E-state index in [0.717, 1.165) is 5.39 Å². The molecule has 1 heterocycles. The van der Waals surface area contributed by atoms with E-state index in [0.29, 0.717) is 17.6 Å². The van der Waals surface area contributed by atoms with Crippen molar-refractivity contribution in [2.45, 2.75) is 32.9 Å². The van der Waals surface area contributed by atoms with E-state index in [-0.39, 0.29) is 5.82 Å². The van der Waals surface area contributed by atoms with Crippen molar-refractivity contribution in [3.63, 3.8) is 0 Å². The third kappa shape index (κ3) is 2.22. The SMILES string of the molecule is Cc1cc2cn(CC(C)(C)O)nc2cc1F. The van der Waals surface area contributed by atoms with Gasteiger partial charge in [-0.3, -0.25) is 4.68 Å². The van der Waals surface area contributed by atoms with Crippen LogP contribution in [0, 0.1) is 12.7 Å². The molecule has 0 saturated carbocycles. The van der Waals surface area contributed by atoms with Crippen LogP contribution in [0.4, 0.5) is 4.39 Å². The lowest BCUT2D eigenvalue weighted by molar-refractivity contribution is 0.0580. The average Bonchev–Trinajstić information content (AvgIpc) is 2.44. The number of aliphatic hydroxyl groups is 1. The Morgan fingerprint density at radius 1 is 1.44 bits per heavy atom. The summed E-state index contributed by atoms with van der Waals surface area (Å²) in [4.78, 5) is 0. The van der Waals surface area contributed by atoms with E-state index in [9.17, 15) is 9.50 Å². The molecular weight excluding hydrogens is 207 g/mol. The highest BCUT2D eigenvalue weighted by Crippen LogP contribution is 2.18. The highest BCUT2D eigenvalue weighted by Gasteiger charge is 2.14. The first-order valence-electron chi connectivity index (χ1n) is 5.21. The maximum Gasteiger partial charge on any atom is 0.128 e. The molecule has 0 unspecified atom stereocenters. The summed E-state index contributed by atoms with van der Waals surface area (Å²) in [5.41, 5.74) is 0.401. The van der Waals surface area contributed by atoms with Gasteiger partial charge in [0, 0.05) is 17.6 Å². The molecular formula is C12H15FN2O. The highest BCUT2D eigenvalue weighted by atomic mass is 19.1. The van der Waals surface area contributed by atoms with E-state index in [1.807, 2.05) is 6.20 Å². The quantitative estimate of drug-likeness (QED) is 0.846. The van der Waals surface area contributed by atoms with Gasteiger partial charge in [0.2, 0.25) is 0 Å². The van der Waals surface area contributed by atoms with E-state index < -0.39 is 5.60 Å². The summed E-state index contributed by atoms with van der Waals surface area (Å²) in [6, 6.07) is 3.18. The lowest BCUT2D eigenvalue weighted by atomic mass is 10.1. The van der Waals surface area contributed by atoms with Crippen molar-refractivity contribution in [1.82, 2.24) is 9.78 Å². The van der Waals surface area contributed by atoms with Crippen LogP contribution in [-0.4, -0.2) is 20.5 Å². The van der Waals surface area contributed by atoms with Crippen molar-refractivity contribution in [2.75, 3.05) is 0 Å². The van der Waals surface area contributed by atoms with E-state index in [4.69, 9.17) is 0 Å². The number of aryl methyl sites for hydroxylation is 1.